The summed E-state index contributed by atoms with van der Waals surface area (Å²) in [5.74, 6) is 0.567. The van der Waals surface area contributed by atoms with Crippen molar-refractivity contribution >= 4 is 22.4 Å². The fraction of sp³-hybridized carbons (Fsp3) is 0.727. The molecule has 0 aromatic carbocycles. The smallest absolute Gasteiger partial charge is 0.282 e. The highest BCUT2D eigenvalue weighted by molar-refractivity contribution is 7.17. The molecule has 0 aliphatic heterocycles. The van der Waals surface area contributed by atoms with Gasteiger partial charge >= 0.3 is 0 Å². The maximum absolute atomic E-state index is 11.8. The van der Waals surface area contributed by atoms with Crippen LogP contribution in [0.25, 0.3) is 0 Å². The minimum absolute atomic E-state index is 0.0898. The maximum atomic E-state index is 11.8. The Morgan fingerprint density at radius 2 is 2.29 bits per heavy atom. The standard InChI is InChI=1S/C11H18N4OS/c1-3-5-12-11-15-14-10(17-11)9(16)13-8-6-7(8)4-2/h7-8H,3-6H2,1-2H3,(H,12,15)(H,13,16). The van der Waals surface area contributed by atoms with Gasteiger partial charge in [-0.1, -0.05) is 31.6 Å². The van der Waals surface area contributed by atoms with Crippen molar-refractivity contribution in [3.05, 3.63) is 5.01 Å². The van der Waals surface area contributed by atoms with Crippen molar-refractivity contribution in [2.75, 3.05) is 11.9 Å². The number of aromatic nitrogens is 2. The van der Waals surface area contributed by atoms with Gasteiger partial charge in [0.1, 0.15) is 0 Å². The van der Waals surface area contributed by atoms with E-state index in [9.17, 15) is 4.79 Å². The van der Waals surface area contributed by atoms with Crippen LogP contribution in [0.3, 0.4) is 0 Å². The van der Waals surface area contributed by atoms with Crippen LogP contribution in [0.15, 0.2) is 0 Å². The number of hydrogen-bond donors (Lipinski definition) is 2. The van der Waals surface area contributed by atoms with Gasteiger partial charge in [0, 0.05) is 12.6 Å². The first-order valence-electron chi connectivity index (χ1n) is 6.12. The summed E-state index contributed by atoms with van der Waals surface area (Å²) in [6.45, 7) is 5.09. The molecule has 1 amide bonds. The third kappa shape index (κ3) is 3.15. The Labute approximate surface area is 105 Å². The lowest BCUT2D eigenvalue weighted by Crippen LogP contribution is -2.26. The number of carbonyl (C=O) groups excluding carboxylic acids is 1. The van der Waals surface area contributed by atoms with Crippen molar-refractivity contribution in [1.82, 2.24) is 15.5 Å². The molecule has 0 saturated heterocycles. The van der Waals surface area contributed by atoms with E-state index in [1.54, 1.807) is 0 Å². The predicted octanol–water partition coefficient (Wildman–Crippen LogP) is 1.89. The number of carbonyl (C=O) groups is 1. The molecule has 0 spiro atoms. The topological polar surface area (TPSA) is 66.9 Å². The molecule has 0 bridgehead atoms. The van der Waals surface area contributed by atoms with Crippen LogP contribution in [-0.2, 0) is 0 Å². The molecule has 2 unspecified atom stereocenters. The van der Waals surface area contributed by atoms with Gasteiger partial charge in [0.15, 0.2) is 0 Å². The fourth-order valence-electron chi connectivity index (χ4n) is 1.72. The highest BCUT2D eigenvalue weighted by atomic mass is 32.1. The van der Waals surface area contributed by atoms with E-state index in [0.717, 1.165) is 30.9 Å². The Morgan fingerprint density at radius 3 is 2.94 bits per heavy atom. The molecule has 0 radical (unpaired) electrons. The summed E-state index contributed by atoms with van der Waals surface area (Å²) in [6, 6.07) is 0.350. The van der Waals surface area contributed by atoms with E-state index in [0.29, 0.717) is 17.0 Å². The minimum atomic E-state index is -0.0898. The Hall–Kier alpha value is -1.17. The lowest BCUT2D eigenvalue weighted by Gasteiger charge is -1.99. The van der Waals surface area contributed by atoms with Crippen molar-refractivity contribution in [3.63, 3.8) is 0 Å². The van der Waals surface area contributed by atoms with Gasteiger partial charge in [-0.05, 0) is 18.8 Å². The van der Waals surface area contributed by atoms with Gasteiger partial charge in [-0.2, -0.15) is 0 Å². The predicted molar refractivity (Wildman–Crippen MR) is 68.3 cm³/mol. The quantitative estimate of drug-likeness (QED) is 0.813. The summed E-state index contributed by atoms with van der Waals surface area (Å²) in [5.41, 5.74) is 0. The number of hydrogen-bond acceptors (Lipinski definition) is 5. The summed E-state index contributed by atoms with van der Waals surface area (Å²) < 4.78 is 0. The molecule has 2 atom stereocenters. The van der Waals surface area contributed by atoms with Crippen LogP contribution < -0.4 is 10.6 Å². The second-order valence-electron chi connectivity index (χ2n) is 4.32. The summed E-state index contributed by atoms with van der Waals surface area (Å²) in [6.07, 6.45) is 3.26. The van der Waals surface area contributed by atoms with E-state index in [4.69, 9.17) is 0 Å². The number of nitrogens with zero attached hydrogens (tertiary/aromatic N) is 2. The van der Waals surface area contributed by atoms with Crippen molar-refractivity contribution in [2.24, 2.45) is 5.92 Å². The molecule has 1 aliphatic rings. The molecular weight excluding hydrogens is 236 g/mol. The first kappa shape index (κ1) is 12.3. The Bertz CT molecular complexity index is 393. The zero-order chi connectivity index (χ0) is 12.3. The van der Waals surface area contributed by atoms with Crippen molar-refractivity contribution < 1.29 is 4.79 Å². The highest BCUT2D eigenvalue weighted by Crippen LogP contribution is 2.33. The van der Waals surface area contributed by atoms with Crippen LogP contribution in [0.5, 0.6) is 0 Å². The summed E-state index contributed by atoms with van der Waals surface area (Å²) >= 11 is 1.31. The molecule has 1 heterocycles. The molecule has 1 aromatic heterocycles. The van der Waals surface area contributed by atoms with Crippen LogP contribution in [0.1, 0.15) is 42.9 Å². The van der Waals surface area contributed by atoms with E-state index >= 15 is 0 Å². The molecule has 1 aliphatic carbocycles. The first-order chi connectivity index (χ1) is 8.24. The Balaban J connectivity index is 1.84. The molecule has 94 valence electrons. The third-order valence-electron chi connectivity index (χ3n) is 2.91. The van der Waals surface area contributed by atoms with E-state index in [-0.39, 0.29) is 5.91 Å². The lowest BCUT2D eigenvalue weighted by atomic mass is 10.3. The van der Waals surface area contributed by atoms with E-state index in [1.807, 2.05) is 0 Å². The number of nitrogens with one attached hydrogen (secondary N) is 2. The summed E-state index contributed by atoms with van der Waals surface area (Å²) in [7, 11) is 0. The van der Waals surface area contributed by atoms with E-state index < -0.39 is 0 Å². The highest BCUT2D eigenvalue weighted by Gasteiger charge is 2.37. The average molecular weight is 254 g/mol. The zero-order valence-corrected chi connectivity index (χ0v) is 11.0. The largest absolute Gasteiger partial charge is 0.360 e. The van der Waals surface area contributed by atoms with Gasteiger partial charge in [0.05, 0.1) is 0 Å². The second-order valence-corrected chi connectivity index (χ2v) is 5.30. The first-order valence-corrected chi connectivity index (χ1v) is 6.94. The summed E-state index contributed by atoms with van der Waals surface area (Å²) in [4.78, 5) is 11.8. The van der Waals surface area contributed by atoms with Gasteiger partial charge in [0.2, 0.25) is 10.1 Å². The van der Waals surface area contributed by atoms with Gasteiger partial charge in [-0.15, -0.1) is 10.2 Å². The SMILES string of the molecule is CCCNc1nnc(C(=O)NC2CC2CC)s1. The van der Waals surface area contributed by atoms with Crippen LogP contribution >= 0.6 is 11.3 Å². The molecule has 2 N–H and O–H groups in total. The average Bonchev–Trinajstić information content (AvgIpc) is 2.90. The van der Waals surface area contributed by atoms with Crippen LogP contribution in [-0.4, -0.2) is 28.7 Å². The molecule has 17 heavy (non-hydrogen) atoms. The number of amides is 1. The third-order valence-corrected chi connectivity index (χ3v) is 3.79. The molecule has 5 nitrogen and oxygen atoms in total. The molecule has 1 fully saturated rings. The number of anilines is 1. The van der Waals surface area contributed by atoms with Crippen LogP contribution in [0.2, 0.25) is 0 Å². The Morgan fingerprint density at radius 1 is 1.47 bits per heavy atom. The normalized spacial score (nSPS) is 22.2. The van der Waals surface area contributed by atoms with Gasteiger partial charge in [0.25, 0.3) is 5.91 Å². The molecule has 1 aromatic rings. The van der Waals surface area contributed by atoms with Crippen LogP contribution in [0.4, 0.5) is 5.13 Å². The maximum Gasteiger partial charge on any atom is 0.282 e. The molecular formula is C11H18N4OS. The van der Waals surface area contributed by atoms with E-state index in [2.05, 4.69) is 34.7 Å². The monoisotopic (exact) mass is 254 g/mol. The van der Waals surface area contributed by atoms with Crippen molar-refractivity contribution in [3.8, 4) is 0 Å². The minimum Gasteiger partial charge on any atom is -0.360 e. The fourth-order valence-corrected chi connectivity index (χ4v) is 2.40. The molecule has 1 saturated carbocycles. The molecule has 2 rings (SSSR count). The van der Waals surface area contributed by atoms with E-state index in [1.165, 1.54) is 11.3 Å². The second kappa shape index (κ2) is 5.44. The van der Waals surface area contributed by atoms with Gasteiger partial charge < -0.3 is 10.6 Å². The zero-order valence-electron chi connectivity index (χ0n) is 10.2. The summed E-state index contributed by atoms with van der Waals surface area (Å²) in [5, 5.41) is 15.1. The van der Waals surface area contributed by atoms with Crippen LogP contribution in [0, 0.1) is 5.92 Å². The lowest BCUT2D eigenvalue weighted by molar-refractivity contribution is 0.0948. The van der Waals surface area contributed by atoms with Gasteiger partial charge in [-0.25, -0.2) is 0 Å². The number of rotatable bonds is 6. The molecule has 6 heteroatoms. The van der Waals surface area contributed by atoms with Crippen molar-refractivity contribution in [2.45, 2.75) is 39.2 Å². The van der Waals surface area contributed by atoms with Gasteiger partial charge in [-0.3, -0.25) is 4.79 Å². The van der Waals surface area contributed by atoms with Crippen molar-refractivity contribution in [1.29, 1.82) is 0 Å². The Kier molecular flexibility index (Phi) is 3.93.